The van der Waals surface area contributed by atoms with E-state index in [-0.39, 0.29) is 0 Å². The number of hydrogen-bond acceptors (Lipinski definition) is 2. The fraction of sp³-hybridized carbons (Fsp3) is 0.400. The van der Waals surface area contributed by atoms with Gasteiger partial charge in [0.05, 0.1) is 0 Å². The second kappa shape index (κ2) is 3.70. The summed E-state index contributed by atoms with van der Waals surface area (Å²) in [4.78, 5) is 0. The quantitative estimate of drug-likeness (QED) is 0.643. The van der Waals surface area contributed by atoms with Crippen LogP contribution in [0.3, 0.4) is 0 Å². The minimum Gasteiger partial charge on any atom is -0.313 e. The minimum atomic E-state index is 0.572. The van der Waals surface area contributed by atoms with Crippen LogP contribution >= 0.6 is 0 Å². The second-order valence-corrected chi connectivity index (χ2v) is 3.36. The molecule has 2 nitrogen and oxygen atoms in total. The standard InChI is InChI=1S/C10H15NO/c1-8(2)4-5-10-7-11(12)6-9(10)3/h4-5,12H,3,6-7H2,1-2H3/b10-5-. The summed E-state index contributed by atoms with van der Waals surface area (Å²) in [5.74, 6) is 0. The molecule has 1 saturated heterocycles. The first-order chi connectivity index (χ1) is 5.59. The Morgan fingerprint density at radius 2 is 2.17 bits per heavy atom. The van der Waals surface area contributed by atoms with Gasteiger partial charge in [0.2, 0.25) is 0 Å². The monoisotopic (exact) mass is 165 g/mol. The summed E-state index contributed by atoms with van der Waals surface area (Å²) in [5, 5.41) is 10.4. The maximum atomic E-state index is 9.15. The van der Waals surface area contributed by atoms with Gasteiger partial charge in [-0.2, -0.15) is 5.06 Å². The van der Waals surface area contributed by atoms with E-state index in [1.165, 1.54) is 10.6 Å². The Morgan fingerprint density at radius 3 is 2.58 bits per heavy atom. The molecule has 0 bridgehead atoms. The Morgan fingerprint density at radius 1 is 1.50 bits per heavy atom. The highest BCUT2D eigenvalue weighted by atomic mass is 16.5. The predicted octanol–water partition coefficient (Wildman–Crippen LogP) is 2.14. The van der Waals surface area contributed by atoms with Crippen molar-refractivity contribution in [3.8, 4) is 0 Å². The number of allylic oxidation sites excluding steroid dienone is 3. The van der Waals surface area contributed by atoms with E-state index in [2.05, 4.69) is 6.58 Å². The molecule has 1 N–H and O–H groups in total. The molecule has 0 unspecified atom stereocenters. The van der Waals surface area contributed by atoms with Crippen molar-refractivity contribution >= 4 is 0 Å². The lowest BCUT2D eigenvalue weighted by atomic mass is 10.1. The highest BCUT2D eigenvalue weighted by molar-refractivity contribution is 5.37. The van der Waals surface area contributed by atoms with Crippen LogP contribution in [-0.2, 0) is 0 Å². The van der Waals surface area contributed by atoms with Gasteiger partial charge in [0.15, 0.2) is 0 Å². The number of rotatable bonds is 1. The Balaban J connectivity index is 2.70. The Labute approximate surface area is 73.5 Å². The molecule has 1 aliphatic heterocycles. The van der Waals surface area contributed by atoms with Crippen molar-refractivity contribution < 1.29 is 5.21 Å². The van der Waals surface area contributed by atoms with E-state index in [0.29, 0.717) is 13.1 Å². The summed E-state index contributed by atoms with van der Waals surface area (Å²) in [6, 6.07) is 0. The van der Waals surface area contributed by atoms with Crippen molar-refractivity contribution in [3.05, 3.63) is 35.5 Å². The second-order valence-electron chi connectivity index (χ2n) is 3.36. The first-order valence-electron chi connectivity index (χ1n) is 4.05. The molecule has 1 heterocycles. The molecular formula is C10H15NO. The zero-order valence-corrected chi connectivity index (χ0v) is 7.67. The van der Waals surface area contributed by atoms with Crippen LogP contribution in [0.5, 0.6) is 0 Å². The third kappa shape index (κ3) is 2.32. The van der Waals surface area contributed by atoms with Crippen molar-refractivity contribution in [1.29, 1.82) is 0 Å². The van der Waals surface area contributed by atoms with Crippen LogP contribution in [0.15, 0.2) is 35.5 Å². The molecule has 0 aromatic heterocycles. The molecule has 0 spiro atoms. The lowest BCUT2D eigenvalue weighted by Gasteiger charge is -1.99. The lowest BCUT2D eigenvalue weighted by molar-refractivity contribution is -0.0614. The minimum absolute atomic E-state index is 0.572. The third-order valence-electron chi connectivity index (χ3n) is 1.80. The molecule has 0 amide bonds. The molecule has 1 fully saturated rings. The van der Waals surface area contributed by atoms with Gasteiger partial charge in [-0.3, -0.25) is 0 Å². The third-order valence-corrected chi connectivity index (χ3v) is 1.80. The van der Waals surface area contributed by atoms with E-state index in [9.17, 15) is 0 Å². The SMILES string of the molecule is C=C1CN(O)C/C1=C/C=C(C)C. The van der Waals surface area contributed by atoms with Gasteiger partial charge in [-0.25, -0.2) is 0 Å². The van der Waals surface area contributed by atoms with E-state index in [1.54, 1.807) is 0 Å². The van der Waals surface area contributed by atoms with E-state index < -0.39 is 0 Å². The van der Waals surface area contributed by atoms with Gasteiger partial charge in [0.25, 0.3) is 0 Å². The molecule has 0 aromatic carbocycles. The highest BCUT2D eigenvalue weighted by Crippen LogP contribution is 2.18. The summed E-state index contributed by atoms with van der Waals surface area (Å²) in [6.07, 6.45) is 4.06. The van der Waals surface area contributed by atoms with Crippen LogP contribution in [0.2, 0.25) is 0 Å². The molecule has 0 atom stereocenters. The van der Waals surface area contributed by atoms with E-state index in [1.807, 2.05) is 26.0 Å². The number of hydroxylamine groups is 2. The largest absolute Gasteiger partial charge is 0.313 e. The van der Waals surface area contributed by atoms with Crippen molar-refractivity contribution in [1.82, 2.24) is 5.06 Å². The van der Waals surface area contributed by atoms with Crippen LogP contribution in [0.25, 0.3) is 0 Å². The summed E-state index contributed by atoms with van der Waals surface area (Å²) >= 11 is 0. The molecule has 1 rings (SSSR count). The van der Waals surface area contributed by atoms with E-state index in [4.69, 9.17) is 5.21 Å². The molecular weight excluding hydrogens is 150 g/mol. The van der Waals surface area contributed by atoms with Gasteiger partial charge in [-0.15, -0.1) is 0 Å². The topological polar surface area (TPSA) is 23.5 Å². The van der Waals surface area contributed by atoms with E-state index in [0.717, 1.165) is 11.1 Å². The molecule has 0 radical (unpaired) electrons. The number of hydrogen-bond donors (Lipinski definition) is 1. The van der Waals surface area contributed by atoms with Crippen molar-refractivity contribution in [3.63, 3.8) is 0 Å². The lowest BCUT2D eigenvalue weighted by Crippen LogP contribution is -2.12. The smallest absolute Gasteiger partial charge is 0.0495 e. The van der Waals surface area contributed by atoms with Crippen LogP contribution in [0, 0.1) is 0 Å². The van der Waals surface area contributed by atoms with Gasteiger partial charge in [-0.1, -0.05) is 24.3 Å². The first-order valence-corrected chi connectivity index (χ1v) is 4.05. The molecule has 1 aliphatic rings. The zero-order valence-electron chi connectivity index (χ0n) is 7.67. The Bertz CT molecular complexity index is 247. The summed E-state index contributed by atoms with van der Waals surface area (Å²) in [5.41, 5.74) is 3.39. The molecule has 66 valence electrons. The highest BCUT2D eigenvalue weighted by Gasteiger charge is 2.16. The van der Waals surface area contributed by atoms with Crippen molar-refractivity contribution in [2.45, 2.75) is 13.8 Å². The van der Waals surface area contributed by atoms with Crippen molar-refractivity contribution in [2.75, 3.05) is 13.1 Å². The zero-order chi connectivity index (χ0) is 9.14. The number of nitrogens with zero attached hydrogens (tertiary/aromatic N) is 1. The normalized spacial score (nSPS) is 21.9. The van der Waals surface area contributed by atoms with Crippen LogP contribution in [0.4, 0.5) is 0 Å². The van der Waals surface area contributed by atoms with Crippen molar-refractivity contribution in [2.24, 2.45) is 0 Å². The summed E-state index contributed by atoms with van der Waals surface area (Å²) < 4.78 is 0. The molecule has 0 saturated carbocycles. The molecule has 0 aliphatic carbocycles. The van der Waals surface area contributed by atoms with Crippen LogP contribution < -0.4 is 0 Å². The maximum Gasteiger partial charge on any atom is 0.0495 e. The van der Waals surface area contributed by atoms with Gasteiger partial charge in [0.1, 0.15) is 0 Å². The predicted molar refractivity (Wildman–Crippen MR) is 50.0 cm³/mol. The molecule has 0 aromatic rings. The van der Waals surface area contributed by atoms with E-state index >= 15 is 0 Å². The maximum absolute atomic E-state index is 9.15. The van der Waals surface area contributed by atoms with Gasteiger partial charge >= 0.3 is 0 Å². The van der Waals surface area contributed by atoms with Crippen LogP contribution in [0.1, 0.15) is 13.8 Å². The summed E-state index contributed by atoms with van der Waals surface area (Å²) in [6.45, 7) is 9.13. The van der Waals surface area contributed by atoms with Gasteiger partial charge < -0.3 is 5.21 Å². The first kappa shape index (κ1) is 9.23. The fourth-order valence-corrected chi connectivity index (χ4v) is 1.12. The Hall–Kier alpha value is -0.860. The average molecular weight is 165 g/mol. The fourth-order valence-electron chi connectivity index (χ4n) is 1.12. The van der Waals surface area contributed by atoms with Gasteiger partial charge in [-0.05, 0) is 25.0 Å². The molecule has 2 heteroatoms. The van der Waals surface area contributed by atoms with Gasteiger partial charge in [0, 0.05) is 13.1 Å². The van der Waals surface area contributed by atoms with Crippen LogP contribution in [-0.4, -0.2) is 23.4 Å². The molecule has 12 heavy (non-hydrogen) atoms. The average Bonchev–Trinajstić information content (AvgIpc) is 2.26. The summed E-state index contributed by atoms with van der Waals surface area (Å²) in [7, 11) is 0. The Kier molecular flexibility index (Phi) is 2.84.